The van der Waals surface area contributed by atoms with E-state index in [0.717, 1.165) is 11.1 Å². The average Bonchev–Trinajstić information content (AvgIpc) is 2.46. The Morgan fingerprint density at radius 1 is 1.30 bits per heavy atom. The summed E-state index contributed by atoms with van der Waals surface area (Å²) in [4.78, 5) is 3.92. The van der Waals surface area contributed by atoms with Crippen molar-refractivity contribution in [2.45, 2.75) is 19.6 Å². The number of aliphatic hydroxyl groups is 1. The standard InChI is InChI=1S/C15H16ClNO3/c1-10(18)11-3-4-14(15(7-11)19-2)20-9-12-5-6-17-8-13(12)16/h3-8,10,18H,9H2,1-2H3/t10-/m1/s1. The fraction of sp³-hybridized carbons (Fsp3) is 0.267. The first kappa shape index (κ1) is 14.6. The number of aliphatic hydroxyl groups excluding tert-OH is 1. The highest BCUT2D eigenvalue weighted by atomic mass is 35.5. The number of halogens is 1. The number of rotatable bonds is 5. The van der Waals surface area contributed by atoms with Gasteiger partial charge in [0, 0.05) is 18.0 Å². The summed E-state index contributed by atoms with van der Waals surface area (Å²) in [5.74, 6) is 1.18. The van der Waals surface area contributed by atoms with Crippen molar-refractivity contribution in [3.05, 3.63) is 52.8 Å². The first-order chi connectivity index (χ1) is 9.61. The molecule has 0 radical (unpaired) electrons. The van der Waals surface area contributed by atoms with Crippen LogP contribution >= 0.6 is 11.6 Å². The van der Waals surface area contributed by atoms with Crippen molar-refractivity contribution < 1.29 is 14.6 Å². The van der Waals surface area contributed by atoms with Gasteiger partial charge in [0.05, 0.1) is 18.2 Å². The van der Waals surface area contributed by atoms with Crippen LogP contribution in [0.25, 0.3) is 0 Å². The van der Waals surface area contributed by atoms with E-state index in [-0.39, 0.29) is 0 Å². The second kappa shape index (κ2) is 6.59. The monoisotopic (exact) mass is 293 g/mol. The maximum absolute atomic E-state index is 9.56. The van der Waals surface area contributed by atoms with Gasteiger partial charge in [-0.25, -0.2) is 0 Å². The van der Waals surface area contributed by atoms with Gasteiger partial charge in [-0.05, 0) is 30.7 Å². The molecule has 1 atom stereocenters. The summed E-state index contributed by atoms with van der Waals surface area (Å²) in [6, 6.07) is 7.14. The lowest BCUT2D eigenvalue weighted by atomic mass is 10.1. The van der Waals surface area contributed by atoms with E-state index in [9.17, 15) is 5.11 Å². The topological polar surface area (TPSA) is 51.6 Å². The van der Waals surface area contributed by atoms with Gasteiger partial charge in [0.15, 0.2) is 11.5 Å². The second-order valence-corrected chi connectivity index (χ2v) is 4.75. The zero-order chi connectivity index (χ0) is 14.5. The molecule has 0 spiro atoms. The van der Waals surface area contributed by atoms with Crippen molar-refractivity contribution in [2.24, 2.45) is 0 Å². The normalized spacial score (nSPS) is 12.0. The summed E-state index contributed by atoms with van der Waals surface area (Å²) in [7, 11) is 1.56. The maximum atomic E-state index is 9.56. The van der Waals surface area contributed by atoms with Gasteiger partial charge in [-0.15, -0.1) is 0 Å². The van der Waals surface area contributed by atoms with Crippen LogP contribution < -0.4 is 9.47 Å². The summed E-state index contributed by atoms with van der Waals surface area (Å²) < 4.78 is 11.0. The Morgan fingerprint density at radius 2 is 2.10 bits per heavy atom. The summed E-state index contributed by atoms with van der Waals surface area (Å²) in [6.07, 6.45) is 2.69. The van der Waals surface area contributed by atoms with E-state index in [1.165, 1.54) is 0 Å². The lowest BCUT2D eigenvalue weighted by Gasteiger charge is -2.13. The van der Waals surface area contributed by atoms with Gasteiger partial charge in [0.2, 0.25) is 0 Å². The molecule has 20 heavy (non-hydrogen) atoms. The Kier molecular flexibility index (Phi) is 4.82. The molecule has 0 aliphatic heterocycles. The predicted octanol–water partition coefficient (Wildman–Crippen LogP) is 3.38. The molecule has 0 bridgehead atoms. The smallest absolute Gasteiger partial charge is 0.161 e. The molecular weight excluding hydrogens is 278 g/mol. The molecule has 1 N–H and O–H groups in total. The molecule has 2 aromatic rings. The number of pyridine rings is 1. The van der Waals surface area contributed by atoms with Gasteiger partial charge in [0.1, 0.15) is 6.61 Å². The van der Waals surface area contributed by atoms with Crippen LogP contribution in [0.4, 0.5) is 0 Å². The minimum absolute atomic E-state index is 0.325. The Balaban J connectivity index is 2.15. The number of benzene rings is 1. The third kappa shape index (κ3) is 3.40. The molecule has 0 aliphatic carbocycles. The van der Waals surface area contributed by atoms with Crippen LogP contribution in [0.5, 0.6) is 11.5 Å². The van der Waals surface area contributed by atoms with Gasteiger partial charge < -0.3 is 14.6 Å². The maximum Gasteiger partial charge on any atom is 0.161 e. The predicted molar refractivity (Wildman–Crippen MR) is 77.2 cm³/mol. The Bertz CT molecular complexity index is 587. The van der Waals surface area contributed by atoms with E-state index < -0.39 is 6.10 Å². The lowest BCUT2D eigenvalue weighted by molar-refractivity contribution is 0.198. The molecule has 1 heterocycles. The molecule has 0 saturated carbocycles. The SMILES string of the molecule is COc1cc([C@@H](C)O)ccc1OCc1ccncc1Cl. The number of aromatic nitrogens is 1. The Morgan fingerprint density at radius 3 is 2.75 bits per heavy atom. The third-order valence-corrected chi connectivity index (χ3v) is 3.25. The van der Waals surface area contributed by atoms with Crippen LogP contribution in [0.1, 0.15) is 24.2 Å². The third-order valence-electron chi connectivity index (χ3n) is 2.91. The molecule has 0 amide bonds. The molecule has 1 aromatic heterocycles. The number of hydrogen-bond donors (Lipinski definition) is 1. The van der Waals surface area contributed by atoms with Crippen molar-refractivity contribution in [3.8, 4) is 11.5 Å². The second-order valence-electron chi connectivity index (χ2n) is 4.34. The van der Waals surface area contributed by atoms with E-state index >= 15 is 0 Å². The van der Waals surface area contributed by atoms with Gasteiger partial charge in [0.25, 0.3) is 0 Å². The lowest BCUT2D eigenvalue weighted by Crippen LogP contribution is -2.00. The van der Waals surface area contributed by atoms with E-state index in [0.29, 0.717) is 23.1 Å². The van der Waals surface area contributed by atoms with Gasteiger partial charge >= 0.3 is 0 Å². The quantitative estimate of drug-likeness (QED) is 0.918. The summed E-state index contributed by atoms with van der Waals surface area (Å²) in [5, 5.41) is 10.1. The van der Waals surface area contributed by atoms with Crippen LogP contribution in [0.2, 0.25) is 5.02 Å². The molecule has 4 nitrogen and oxygen atoms in total. The Hall–Kier alpha value is -1.78. The van der Waals surface area contributed by atoms with Crippen LogP contribution in [-0.2, 0) is 6.61 Å². The molecule has 5 heteroatoms. The van der Waals surface area contributed by atoms with Gasteiger partial charge in [-0.3, -0.25) is 4.98 Å². The fourth-order valence-corrected chi connectivity index (χ4v) is 1.91. The molecule has 0 saturated heterocycles. The van der Waals surface area contributed by atoms with E-state index in [2.05, 4.69) is 4.98 Å². The number of methoxy groups -OCH3 is 1. The van der Waals surface area contributed by atoms with Crippen molar-refractivity contribution in [1.29, 1.82) is 0 Å². The molecular formula is C15H16ClNO3. The largest absolute Gasteiger partial charge is 0.493 e. The molecule has 2 rings (SSSR count). The van der Waals surface area contributed by atoms with Crippen molar-refractivity contribution >= 4 is 11.6 Å². The van der Waals surface area contributed by atoms with Crippen molar-refractivity contribution in [2.75, 3.05) is 7.11 Å². The van der Waals surface area contributed by atoms with Crippen LogP contribution in [0.15, 0.2) is 36.7 Å². The zero-order valence-electron chi connectivity index (χ0n) is 11.3. The molecule has 0 unspecified atom stereocenters. The minimum atomic E-state index is -0.549. The molecule has 1 aromatic carbocycles. The summed E-state index contributed by atoms with van der Waals surface area (Å²) in [5.41, 5.74) is 1.62. The molecule has 0 aliphatic rings. The summed E-state index contributed by atoms with van der Waals surface area (Å²) >= 11 is 6.02. The highest BCUT2D eigenvalue weighted by Gasteiger charge is 2.09. The van der Waals surface area contributed by atoms with Gasteiger partial charge in [-0.2, -0.15) is 0 Å². The zero-order valence-corrected chi connectivity index (χ0v) is 12.1. The highest BCUT2D eigenvalue weighted by Crippen LogP contribution is 2.31. The first-order valence-electron chi connectivity index (χ1n) is 6.19. The van der Waals surface area contributed by atoms with E-state index in [4.69, 9.17) is 21.1 Å². The van der Waals surface area contributed by atoms with Gasteiger partial charge in [-0.1, -0.05) is 17.7 Å². The van der Waals surface area contributed by atoms with E-state index in [1.54, 1.807) is 50.7 Å². The number of nitrogens with zero attached hydrogens (tertiary/aromatic N) is 1. The number of hydrogen-bond acceptors (Lipinski definition) is 4. The molecule has 0 fully saturated rings. The first-order valence-corrected chi connectivity index (χ1v) is 6.57. The van der Waals surface area contributed by atoms with Crippen molar-refractivity contribution in [3.63, 3.8) is 0 Å². The molecule has 106 valence electrons. The van der Waals surface area contributed by atoms with Crippen LogP contribution in [-0.4, -0.2) is 17.2 Å². The van der Waals surface area contributed by atoms with Crippen LogP contribution in [0, 0.1) is 0 Å². The Labute approximate surface area is 122 Å². The fourth-order valence-electron chi connectivity index (χ4n) is 1.74. The van der Waals surface area contributed by atoms with E-state index in [1.807, 2.05) is 0 Å². The highest BCUT2D eigenvalue weighted by molar-refractivity contribution is 6.31. The average molecular weight is 294 g/mol. The van der Waals surface area contributed by atoms with Crippen LogP contribution in [0.3, 0.4) is 0 Å². The van der Waals surface area contributed by atoms with Crippen molar-refractivity contribution in [1.82, 2.24) is 4.98 Å². The minimum Gasteiger partial charge on any atom is -0.493 e. The number of ether oxygens (including phenoxy) is 2. The summed E-state index contributed by atoms with van der Waals surface area (Å²) in [6.45, 7) is 2.03.